The Morgan fingerprint density at radius 3 is 2.55 bits per heavy atom. The number of anilines is 1. The molecule has 1 N–H and O–H groups in total. The van der Waals surface area contributed by atoms with Gasteiger partial charge in [-0.15, -0.1) is 0 Å². The van der Waals surface area contributed by atoms with E-state index in [9.17, 15) is 13.4 Å². The molecule has 0 aliphatic heterocycles. The Hall–Kier alpha value is -1.53. The largest absolute Gasteiger partial charge is 0.324 e. The maximum atomic E-state index is 13.4. The summed E-state index contributed by atoms with van der Waals surface area (Å²) >= 11 is 3.40. The third kappa shape index (κ3) is 5.03. The van der Waals surface area contributed by atoms with Crippen molar-refractivity contribution >= 4 is 38.3 Å². The molecule has 0 aliphatic carbocycles. The number of amides is 1. The van der Waals surface area contributed by atoms with Crippen molar-refractivity contribution in [3.8, 4) is 0 Å². The lowest BCUT2D eigenvalue weighted by Crippen LogP contribution is -2.16. The summed E-state index contributed by atoms with van der Waals surface area (Å²) in [5, 5.41) is 2.48. The first-order valence-corrected chi connectivity index (χ1v) is 8.97. The van der Waals surface area contributed by atoms with Gasteiger partial charge in [0.2, 0.25) is 5.91 Å². The van der Waals surface area contributed by atoms with Crippen molar-refractivity contribution in [3.63, 3.8) is 0 Å². The Labute approximate surface area is 139 Å². The summed E-state index contributed by atoms with van der Waals surface area (Å²) in [6, 6.07) is 13.5. The molecule has 0 fully saturated rings. The molecule has 6 heteroatoms. The minimum Gasteiger partial charge on any atom is -0.324 e. The lowest BCUT2D eigenvalue weighted by Gasteiger charge is -2.07. The molecule has 2 aromatic carbocycles. The third-order valence-electron chi connectivity index (χ3n) is 2.98. The van der Waals surface area contributed by atoms with Crippen LogP contribution in [0.3, 0.4) is 0 Å². The fourth-order valence-electron chi connectivity index (χ4n) is 1.84. The molecule has 0 radical (unpaired) electrons. The van der Waals surface area contributed by atoms with Crippen LogP contribution in [0.25, 0.3) is 0 Å². The van der Waals surface area contributed by atoms with Crippen LogP contribution in [-0.4, -0.2) is 15.9 Å². The van der Waals surface area contributed by atoms with Gasteiger partial charge < -0.3 is 5.32 Å². The maximum Gasteiger partial charge on any atom is 0.225 e. The van der Waals surface area contributed by atoms with Gasteiger partial charge in [-0.2, -0.15) is 0 Å². The van der Waals surface area contributed by atoms with Gasteiger partial charge >= 0.3 is 0 Å². The zero-order chi connectivity index (χ0) is 15.9. The second kappa shape index (κ2) is 8.19. The number of rotatable bonds is 6. The van der Waals surface area contributed by atoms with E-state index in [1.165, 1.54) is 12.1 Å². The third-order valence-corrected chi connectivity index (χ3v) is 5.05. The van der Waals surface area contributed by atoms with Crippen molar-refractivity contribution in [1.82, 2.24) is 0 Å². The fourth-order valence-corrected chi connectivity index (χ4v) is 3.61. The lowest BCUT2D eigenvalue weighted by molar-refractivity contribution is -0.115. The topological polar surface area (TPSA) is 46.2 Å². The first-order chi connectivity index (χ1) is 10.6. The standard InChI is InChI=1S/C16H15BrFNO2S/c17-13-6-2-1-5-12(13)11-22(21)10-9-16(20)19-15-8-4-3-7-14(15)18/h1-8H,9-11H2,(H,19,20). The Kier molecular flexibility index (Phi) is 6.27. The van der Waals surface area contributed by atoms with E-state index in [1.807, 2.05) is 24.3 Å². The molecule has 0 saturated carbocycles. The number of hydrogen-bond donors (Lipinski definition) is 1. The Morgan fingerprint density at radius 1 is 1.14 bits per heavy atom. The van der Waals surface area contributed by atoms with Crippen LogP contribution in [0.2, 0.25) is 0 Å². The Morgan fingerprint density at radius 2 is 1.82 bits per heavy atom. The fraction of sp³-hybridized carbons (Fsp3) is 0.188. The van der Waals surface area contributed by atoms with Crippen molar-refractivity contribution in [2.75, 3.05) is 11.1 Å². The Balaban J connectivity index is 1.82. The molecular weight excluding hydrogens is 369 g/mol. The predicted octanol–water partition coefficient (Wildman–Crippen LogP) is 3.87. The quantitative estimate of drug-likeness (QED) is 0.822. The van der Waals surface area contributed by atoms with E-state index in [-0.39, 0.29) is 23.8 Å². The first-order valence-electron chi connectivity index (χ1n) is 6.69. The minimum absolute atomic E-state index is 0.0887. The summed E-state index contributed by atoms with van der Waals surface area (Å²) in [7, 11) is -1.15. The number of carbonyl (C=O) groups excluding carboxylic acids is 1. The van der Waals surface area contributed by atoms with Crippen molar-refractivity contribution in [2.24, 2.45) is 0 Å². The SMILES string of the molecule is O=C(CCS(=O)Cc1ccccc1Br)Nc1ccccc1F. The molecule has 2 rings (SSSR count). The normalized spacial score (nSPS) is 11.9. The molecule has 0 heterocycles. The molecule has 116 valence electrons. The van der Waals surface area contributed by atoms with Crippen molar-refractivity contribution in [2.45, 2.75) is 12.2 Å². The molecule has 0 bridgehead atoms. The Bertz CT molecular complexity index is 634. The minimum atomic E-state index is -1.15. The zero-order valence-electron chi connectivity index (χ0n) is 11.7. The highest BCUT2D eigenvalue weighted by Crippen LogP contribution is 2.18. The molecule has 0 saturated heterocycles. The summed E-state index contributed by atoms with van der Waals surface area (Å²) in [6.07, 6.45) is 0.0887. The monoisotopic (exact) mass is 383 g/mol. The molecule has 0 aliphatic rings. The van der Waals surface area contributed by atoms with E-state index in [0.29, 0.717) is 5.75 Å². The summed E-state index contributed by atoms with van der Waals surface area (Å²) in [5.74, 6) is -0.202. The van der Waals surface area contributed by atoms with Crippen molar-refractivity contribution in [1.29, 1.82) is 0 Å². The van der Waals surface area contributed by atoms with Crippen LogP contribution in [0.1, 0.15) is 12.0 Å². The summed E-state index contributed by atoms with van der Waals surface area (Å²) in [5.41, 5.74) is 1.08. The molecular formula is C16H15BrFNO2S. The summed E-state index contributed by atoms with van der Waals surface area (Å²) in [6.45, 7) is 0. The highest BCUT2D eigenvalue weighted by Gasteiger charge is 2.10. The zero-order valence-corrected chi connectivity index (χ0v) is 14.1. The first kappa shape index (κ1) is 16.8. The van der Waals surface area contributed by atoms with E-state index in [1.54, 1.807) is 12.1 Å². The van der Waals surface area contributed by atoms with Gasteiger partial charge in [-0.05, 0) is 23.8 Å². The number of nitrogens with one attached hydrogen (secondary N) is 1. The van der Waals surface area contributed by atoms with E-state index in [2.05, 4.69) is 21.2 Å². The molecule has 1 unspecified atom stereocenters. The van der Waals surface area contributed by atoms with E-state index < -0.39 is 16.6 Å². The van der Waals surface area contributed by atoms with Crippen LogP contribution in [0.5, 0.6) is 0 Å². The van der Waals surface area contributed by atoms with Crippen LogP contribution in [-0.2, 0) is 21.3 Å². The summed E-state index contributed by atoms with van der Waals surface area (Å²) in [4.78, 5) is 11.8. The summed E-state index contributed by atoms with van der Waals surface area (Å²) < 4.78 is 26.3. The second-order valence-corrected chi connectivity index (χ2v) is 7.09. The van der Waals surface area contributed by atoms with Gasteiger partial charge in [0.1, 0.15) is 5.82 Å². The average molecular weight is 384 g/mol. The van der Waals surface area contributed by atoms with Gasteiger partial charge in [0.05, 0.1) is 5.69 Å². The van der Waals surface area contributed by atoms with Gasteiger partial charge in [-0.3, -0.25) is 9.00 Å². The molecule has 3 nitrogen and oxygen atoms in total. The maximum absolute atomic E-state index is 13.4. The molecule has 1 atom stereocenters. The molecule has 22 heavy (non-hydrogen) atoms. The van der Waals surface area contributed by atoms with Crippen LogP contribution >= 0.6 is 15.9 Å². The molecule has 1 amide bonds. The highest BCUT2D eigenvalue weighted by molar-refractivity contribution is 9.10. The molecule has 0 aromatic heterocycles. The van der Waals surface area contributed by atoms with E-state index >= 15 is 0 Å². The smallest absolute Gasteiger partial charge is 0.225 e. The van der Waals surface area contributed by atoms with Crippen LogP contribution in [0.4, 0.5) is 10.1 Å². The number of hydrogen-bond acceptors (Lipinski definition) is 2. The number of halogens is 2. The predicted molar refractivity (Wildman–Crippen MR) is 90.5 cm³/mol. The number of carbonyl (C=O) groups is 1. The van der Waals surface area contributed by atoms with Crippen LogP contribution < -0.4 is 5.32 Å². The molecule has 2 aromatic rings. The van der Waals surface area contributed by atoms with E-state index in [0.717, 1.165) is 10.0 Å². The van der Waals surface area contributed by atoms with E-state index in [4.69, 9.17) is 0 Å². The van der Waals surface area contributed by atoms with Crippen molar-refractivity contribution < 1.29 is 13.4 Å². The highest BCUT2D eigenvalue weighted by atomic mass is 79.9. The number of benzene rings is 2. The number of para-hydroxylation sites is 1. The average Bonchev–Trinajstić information content (AvgIpc) is 2.50. The van der Waals surface area contributed by atoms with Crippen molar-refractivity contribution in [3.05, 3.63) is 64.4 Å². The van der Waals surface area contributed by atoms with Crippen LogP contribution in [0.15, 0.2) is 53.0 Å². The van der Waals surface area contributed by atoms with Gasteiger partial charge in [-0.25, -0.2) is 4.39 Å². The van der Waals surface area contributed by atoms with Gasteiger partial charge in [-0.1, -0.05) is 46.3 Å². The molecule has 0 spiro atoms. The second-order valence-electron chi connectivity index (χ2n) is 4.66. The van der Waals surface area contributed by atoms with Gasteiger partial charge in [0.15, 0.2) is 0 Å². The van der Waals surface area contributed by atoms with Crippen LogP contribution in [0, 0.1) is 5.82 Å². The lowest BCUT2D eigenvalue weighted by atomic mass is 10.2. The van der Waals surface area contributed by atoms with Gasteiger partial charge in [0.25, 0.3) is 0 Å². The van der Waals surface area contributed by atoms with Gasteiger partial charge in [0, 0.05) is 33.2 Å².